The van der Waals surface area contributed by atoms with E-state index in [0.29, 0.717) is 18.7 Å². The third-order valence-corrected chi connectivity index (χ3v) is 2.30. The monoisotopic (exact) mass is 230 g/mol. The van der Waals surface area contributed by atoms with Gasteiger partial charge in [-0.25, -0.2) is 8.78 Å². The third-order valence-electron chi connectivity index (χ3n) is 2.30. The fourth-order valence-electron chi connectivity index (χ4n) is 1.49. The Bertz CT molecular complexity index is 321. The second-order valence-electron chi connectivity index (χ2n) is 3.44. The molecule has 0 fully saturated rings. The van der Waals surface area contributed by atoms with E-state index in [9.17, 15) is 8.78 Å². The summed E-state index contributed by atoms with van der Waals surface area (Å²) in [5.74, 6) is 0. The number of nitrogens with two attached hydrogens (primary N) is 1. The van der Waals surface area contributed by atoms with E-state index in [1.54, 1.807) is 12.1 Å². The maximum absolute atomic E-state index is 12.5. The van der Waals surface area contributed by atoms with E-state index in [4.69, 9.17) is 10.8 Å². The first kappa shape index (κ1) is 13.0. The highest BCUT2D eigenvalue weighted by atomic mass is 19.3. The second kappa shape index (κ2) is 6.52. The van der Waals surface area contributed by atoms with E-state index in [1.807, 2.05) is 0 Å². The van der Waals surface area contributed by atoms with Gasteiger partial charge >= 0.3 is 0 Å². The lowest BCUT2D eigenvalue weighted by molar-refractivity contribution is 0.151. The van der Waals surface area contributed by atoms with Crippen LogP contribution < -0.4 is 11.1 Å². The number of aliphatic hydroxyl groups is 1. The van der Waals surface area contributed by atoms with Crippen LogP contribution in [-0.4, -0.2) is 24.8 Å². The molecule has 90 valence electrons. The molecule has 0 aliphatic heterocycles. The molecular formula is C11H16F2N2O. The summed E-state index contributed by atoms with van der Waals surface area (Å²) in [5, 5.41) is 11.7. The van der Waals surface area contributed by atoms with Crippen LogP contribution in [0.25, 0.3) is 0 Å². The molecule has 5 heteroatoms. The summed E-state index contributed by atoms with van der Waals surface area (Å²) in [6.45, 7) is 0.679. The zero-order chi connectivity index (χ0) is 12.0. The lowest BCUT2D eigenvalue weighted by Crippen LogP contribution is -2.30. The average Bonchev–Trinajstić information content (AvgIpc) is 2.30. The van der Waals surface area contributed by atoms with Gasteiger partial charge in [-0.2, -0.15) is 0 Å². The summed E-state index contributed by atoms with van der Waals surface area (Å²) in [5.41, 5.74) is 6.24. The molecule has 1 unspecified atom stereocenters. The Kier molecular flexibility index (Phi) is 5.31. The maximum atomic E-state index is 12.5. The molecule has 1 rings (SSSR count). The number of hydrogen-bond acceptors (Lipinski definition) is 3. The van der Waals surface area contributed by atoms with Crippen molar-refractivity contribution >= 4 is 0 Å². The summed E-state index contributed by atoms with van der Waals surface area (Å²) in [7, 11) is 0. The molecule has 16 heavy (non-hydrogen) atoms. The number of nitrogens with one attached hydrogen (secondary N) is 1. The zero-order valence-electron chi connectivity index (χ0n) is 8.87. The molecular weight excluding hydrogens is 214 g/mol. The number of rotatable bonds is 6. The van der Waals surface area contributed by atoms with Crippen LogP contribution in [0, 0.1) is 0 Å². The van der Waals surface area contributed by atoms with Crippen molar-refractivity contribution in [3.63, 3.8) is 0 Å². The molecule has 0 heterocycles. The average molecular weight is 230 g/mol. The SMILES string of the molecule is NCC(NCCO)c1cccc(C(F)F)c1. The van der Waals surface area contributed by atoms with Crippen LogP contribution in [0.2, 0.25) is 0 Å². The van der Waals surface area contributed by atoms with Crippen molar-refractivity contribution in [3.8, 4) is 0 Å². The second-order valence-corrected chi connectivity index (χ2v) is 3.44. The maximum Gasteiger partial charge on any atom is 0.263 e. The highest BCUT2D eigenvalue weighted by Crippen LogP contribution is 2.22. The van der Waals surface area contributed by atoms with Crippen molar-refractivity contribution in [1.29, 1.82) is 0 Å². The first-order chi connectivity index (χ1) is 7.69. The largest absolute Gasteiger partial charge is 0.395 e. The zero-order valence-corrected chi connectivity index (χ0v) is 8.87. The highest BCUT2D eigenvalue weighted by Gasteiger charge is 2.12. The molecule has 0 aliphatic rings. The Morgan fingerprint density at radius 2 is 2.00 bits per heavy atom. The normalized spacial score (nSPS) is 13.1. The third kappa shape index (κ3) is 3.52. The molecule has 3 nitrogen and oxygen atoms in total. The molecule has 0 amide bonds. The van der Waals surface area contributed by atoms with Crippen molar-refractivity contribution in [3.05, 3.63) is 35.4 Å². The van der Waals surface area contributed by atoms with E-state index in [-0.39, 0.29) is 18.2 Å². The molecule has 1 aromatic rings. The first-order valence-corrected chi connectivity index (χ1v) is 5.11. The summed E-state index contributed by atoms with van der Waals surface area (Å²) < 4.78 is 24.9. The van der Waals surface area contributed by atoms with Gasteiger partial charge in [-0.15, -0.1) is 0 Å². The first-order valence-electron chi connectivity index (χ1n) is 5.11. The molecule has 4 N–H and O–H groups in total. The van der Waals surface area contributed by atoms with Crippen molar-refractivity contribution in [2.45, 2.75) is 12.5 Å². The van der Waals surface area contributed by atoms with Crippen molar-refractivity contribution < 1.29 is 13.9 Å². The smallest absolute Gasteiger partial charge is 0.263 e. The Hall–Kier alpha value is -1.04. The van der Waals surface area contributed by atoms with Crippen molar-refractivity contribution in [1.82, 2.24) is 5.32 Å². The number of benzene rings is 1. The van der Waals surface area contributed by atoms with Gasteiger partial charge in [0, 0.05) is 24.7 Å². The van der Waals surface area contributed by atoms with Crippen LogP contribution in [0.3, 0.4) is 0 Å². The molecule has 1 aromatic carbocycles. The number of halogens is 2. The fraction of sp³-hybridized carbons (Fsp3) is 0.455. The van der Waals surface area contributed by atoms with Crippen LogP contribution in [-0.2, 0) is 0 Å². The van der Waals surface area contributed by atoms with Crippen molar-refractivity contribution in [2.24, 2.45) is 5.73 Å². The Labute approximate surface area is 93.3 Å². The molecule has 0 aliphatic carbocycles. The lowest BCUT2D eigenvalue weighted by Gasteiger charge is -2.17. The Morgan fingerprint density at radius 1 is 1.31 bits per heavy atom. The van der Waals surface area contributed by atoms with E-state index < -0.39 is 6.43 Å². The standard InChI is InChI=1S/C11H16F2N2O/c12-11(13)9-3-1-2-8(6-9)10(7-14)15-4-5-16/h1-3,6,10-11,15-16H,4-5,7,14H2. The van der Waals surface area contributed by atoms with Gasteiger partial charge in [-0.3, -0.25) is 0 Å². The van der Waals surface area contributed by atoms with Gasteiger partial charge in [0.05, 0.1) is 6.61 Å². The predicted molar refractivity (Wildman–Crippen MR) is 58.3 cm³/mol. The predicted octanol–water partition coefficient (Wildman–Crippen LogP) is 1.21. The van der Waals surface area contributed by atoms with E-state index in [0.717, 1.165) is 0 Å². The van der Waals surface area contributed by atoms with Gasteiger partial charge in [0.2, 0.25) is 0 Å². The molecule has 0 bridgehead atoms. The summed E-state index contributed by atoms with van der Waals surface area (Å²) in [6.07, 6.45) is -2.48. The van der Waals surface area contributed by atoms with Crippen molar-refractivity contribution in [2.75, 3.05) is 19.7 Å². The Morgan fingerprint density at radius 3 is 2.56 bits per heavy atom. The molecule has 1 atom stereocenters. The topological polar surface area (TPSA) is 58.3 Å². The molecule has 0 spiro atoms. The molecule has 0 radical (unpaired) electrons. The highest BCUT2D eigenvalue weighted by molar-refractivity contribution is 5.27. The van der Waals surface area contributed by atoms with Gasteiger partial charge in [-0.05, 0) is 11.6 Å². The minimum absolute atomic E-state index is 0.00889. The minimum atomic E-state index is -2.48. The van der Waals surface area contributed by atoms with E-state index in [2.05, 4.69) is 5.32 Å². The summed E-state index contributed by atoms with van der Waals surface area (Å²) in [4.78, 5) is 0. The number of alkyl halides is 2. The van der Waals surface area contributed by atoms with Gasteiger partial charge < -0.3 is 16.2 Å². The van der Waals surface area contributed by atoms with Gasteiger partial charge in [-0.1, -0.05) is 18.2 Å². The molecule has 0 saturated heterocycles. The van der Waals surface area contributed by atoms with Gasteiger partial charge in [0.1, 0.15) is 0 Å². The van der Waals surface area contributed by atoms with Crippen LogP contribution in [0.4, 0.5) is 8.78 Å². The number of hydrogen-bond donors (Lipinski definition) is 3. The molecule has 0 aromatic heterocycles. The van der Waals surface area contributed by atoms with Crippen LogP contribution in [0.15, 0.2) is 24.3 Å². The summed E-state index contributed by atoms with van der Waals surface area (Å²) >= 11 is 0. The fourth-order valence-corrected chi connectivity index (χ4v) is 1.49. The number of aliphatic hydroxyl groups excluding tert-OH is 1. The van der Waals surface area contributed by atoms with Crippen LogP contribution >= 0.6 is 0 Å². The van der Waals surface area contributed by atoms with Gasteiger partial charge in [0.15, 0.2) is 0 Å². The van der Waals surface area contributed by atoms with Crippen LogP contribution in [0.5, 0.6) is 0 Å². The van der Waals surface area contributed by atoms with Gasteiger partial charge in [0.25, 0.3) is 6.43 Å². The summed E-state index contributed by atoms with van der Waals surface area (Å²) in [6, 6.07) is 5.94. The quantitative estimate of drug-likeness (QED) is 0.688. The van der Waals surface area contributed by atoms with E-state index in [1.165, 1.54) is 12.1 Å². The minimum Gasteiger partial charge on any atom is -0.395 e. The van der Waals surface area contributed by atoms with Crippen LogP contribution in [0.1, 0.15) is 23.6 Å². The Balaban J connectivity index is 2.79. The molecule has 0 saturated carbocycles. The van der Waals surface area contributed by atoms with E-state index >= 15 is 0 Å². The lowest BCUT2D eigenvalue weighted by atomic mass is 10.0.